The Morgan fingerprint density at radius 1 is 1.33 bits per heavy atom. The molecule has 0 bridgehead atoms. The number of phenolic OH excluding ortho intramolecular Hbond substituents is 1. The average molecular weight is 360 g/mol. The summed E-state index contributed by atoms with van der Waals surface area (Å²) in [6.07, 6.45) is 0. The minimum absolute atomic E-state index is 0.0131. The fourth-order valence-corrected chi connectivity index (χ4v) is 3.37. The first-order chi connectivity index (χ1) is 6.88. The van der Waals surface area contributed by atoms with Gasteiger partial charge in [-0.25, -0.2) is 0 Å². The largest absolute Gasteiger partial charge is 0.506 e. The second kappa shape index (κ2) is 4.82. The molecular formula is C8H8Br2O4S. The Morgan fingerprint density at radius 3 is 2.20 bits per heavy atom. The fourth-order valence-electron chi connectivity index (χ4n) is 0.910. The first-order valence-electron chi connectivity index (χ1n) is 3.96. The van der Waals surface area contributed by atoms with E-state index in [1.165, 1.54) is 12.1 Å². The van der Waals surface area contributed by atoms with Crippen LogP contribution in [0.3, 0.4) is 0 Å². The van der Waals surface area contributed by atoms with Gasteiger partial charge in [-0.1, -0.05) is 0 Å². The van der Waals surface area contributed by atoms with Crippen molar-refractivity contribution in [3.8, 4) is 5.75 Å². The van der Waals surface area contributed by atoms with Gasteiger partial charge in [0.15, 0.2) is 0 Å². The van der Waals surface area contributed by atoms with Crippen LogP contribution in [0.5, 0.6) is 5.75 Å². The second-order valence-corrected chi connectivity index (χ2v) is 5.92. The molecule has 0 aromatic heterocycles. The van der Waals surface area contributed by atoms with Crippen molar-refractivity contribution in [2.45, 2.75) is 11.8 Å². The summed E-state index contributed by atoms with van der Waals surface area (Å²) in [4.78, 5) is -0.0131. The summed E-state index contributed by atoms with van der Waals surface area (Å²) in [5.74, 6) is -0.0505. The quantitative estimate of drug-likeness (QED) is 0.842. The second-order valence-electron chi connectivity index (χ2n) is 2.60. The molecule has 15 heavy (non-hydrogen) atoms. The van der Waals surface area contributed by atoms with E-state index in [0.717, 1.165) is 0 Å². The van der Waals surface area contributed by atoms with Crippen LogP contribution in [0.1, 0.15) is 6.92 Å². The molecule has 0 atom stereocenters. The third-order valence-corrected chi connectivity index (χ3v) is 4.12. The zero-order valence-electron chi connectivity index (χ0n) is 7.70. The zero-order chi connectivity index (χ0) is 11.6. The maximum Gasteiger partial charge on any atom is 0.297 e. The molecule has 0 aliphatic carbocycles. The van der Waals surface area contributed by atoms with Crippen molar-refractivity contribution in [1.82, 2.24) is 0 Å². The molecule has 0 aliphatic rings. The maximum atomic E-state index is 11.5. The van der Waals surface area contributed by atoms with E-state index >= 15 is 0 Å². The summed E-state index contributed by atoms with van der Waals surface area (Å²) in [6, 6.07) is 2.57. The predicted molar refractivity (Wildman–Crippen MR) is 62.3 cm³/mol. The molecule has 0 aliphatic heterocycles. The Bertz CT molecular complexity index is 447. The summed E-state index contributed by atoms with van der Waals surface area (Å²) in [5, 5.41) is 9.40. The van der Waals surface area contributed by atoms with Crippen LogP contribution in [-0.4, -0.2) is 20.1 Å². The molecule has 1 rings (SSSR count). The molecule has 0 amide bonds. The first-order valence-corrected chi connectivity index (χ1v) is 6.95. The van der Waals surface area contributed by atoms with Gasteiger partial charge in [0.25, 0.3) is 10.1 Å². The Labute approximate surface area is 105 Å². The number of rotatable bonds is 3. The third-order valence-electron chi connectivity index (χ3n) is 1.55. The number of phenols is 1. The van der Waals surface area contributed by atoms with E-state index in [9.17, 15) is 13.5 Å². The van der Waals surface area contributed by atoms with E-state index in [0.29, 0.717) is 0 Å². The molecule has 0 unspecified atom stereocenters. The van der Waals surface area contributed by atoms with Crippen LogP contribution >= 0.6 is 31.9 Å². The normalized spacial score (nSPS) is 11.7. The lowest BCUT2D eigenvalue weighted by atomic mass is 10.3. The van der Waals surface area contributed by atoms with E-state index in [-0.39, 0.29) is 26.2 Å². The van der Waals surface area contributed by atoms with Crippen molar-refractivity contribution in [2.75, 3.05) is 6.61 Å². The Hall–Kier alpha value is -0.110. The van der Waals surface area contributed by atoms with Gasteiger partial charge in [0, 0.05) is 0 Å². The highest BCUT2D eigenvalue weighted by molar-refractivity contribution is 9.11. The highest BCUT2D eigenvalue weighted by Crippen LogP contribution is 2.35. The molecule has 0 fully saturated rings. The Morgan fingerprint density at radius 2 is 1.80 bits per heavy atom. The smallest absolute Gasteiger partial charge is 0.297 e. The monoisotopic (exact) mass is 358 g/mol. The summed E-state index contributed by atoms with van der Waals surface area (Å²) in [6.45, 7) is 1.65. The maximum absolute atomic E-state index is 11.5. The van der Waals surface area contributed by atoms with E-state index in [2.05, 4.69) is 36.0 Å². The molecule has 1 N–H and O–H groups in total. The molecule has 1 aromatic rings. The van der Waals surface area contributed by atoms with E-state index in [1.54, 1.807) is 6.92 Å². The van der Waals surface area contributed by atoms with Crippen molar-refractivity contribution in [3.63, 3.8) is 0 Å². The van der Waals surface area contributed by atoms with E-state index < -0.39 is 10.1 Å². The Kier molecular flexibility index (Phi) is 4.16. The van der Waals surface area contributed by atoms with Gasteiger partial charge in [0.2, 0.25) is 0 Å². The van der Waals surface area contributed by atoms with Gasteiger partial charge in [-0.15, -0.1) is 0 Å². The lowest BCUT2D eigenvalue weighted by Gasteiger charge is -2.06. The van der Waals surface area contributed by atoms with Crippen LogP contribution in [0.2, 0.25) is 0 Å². The molecule has 0 heterocycles. The molecule has 0 saturated carbocycles. The minimum atomic E-state index is -3.74. The molecule has 7 heteroatoms. The molecule has 0 spiro atoms. The summed E-state index contributed by atoms with van der Waals surface area (Å²) in [5.41, 5.74) is 0. The van der Waals surface area contributed by atoms with Gasteiger partial charge in [0.1, 0.15) is 5.75 Å². The summed E-state index contributed by atoms with van der Waals surface area (Å²) >= 11 is 6.08. The molecular weight excluding hydrogens is 352 g/mol. The number of hydrogen-bond donors (Lipinski definition) is 1. The van der Waals surface area contributed by atoms with Gasteiger partial charge in [0.05, 0.1) is 20.4 Å². The fraction of sp³-hybridized carbons (Fsp3) is 0.250. The number of benzene rings is 1. The molecule has 1 aromatic carbocycles. The first kappa shape index (κ1) is 13.0. The third kappa shape index (κ3) is 2.93. The van der Waals surface area contributed by atoms with Crippen LogP contribution in [0.25, 0.3) is 0 Å². The van der Waals surface area contributed by atoms with Gasteiger partial charge in [-0.2, -0.15) is 8.42 Å². The SMILES string of the molecule is CCOS(=O)(=O)c1cc(Br)c(O)c(Br)c1. The van der Waals surface area contributed by atoms with Crippen molar-refractivity contribution < 1.29 is 17.7 Å². The van der Waals surface area contributed by atoms with Crippen molar-refractivity contribution in [3.05, 3.63) is 21.1 Å². The standard InChI is InChI=1S/C8H8Br2O4S/c1-2-14-15(12,13)5-3-6(9)8(11)7(10)4-5/h3-4,11H,2H2,1H3. The van der Waals surface area contributed by atoms with Gasteiger partial charge < -0.3 is 5.11 Å². The molecule has 84 valence electrons. The van der Waals surface area contributed by atoms with Crippen molar-refractivity contribution in [2.24, 2.45) is 0 Å². The molecule has 0 radical (unpaired) electrons. The summed E-state index contributed by atoms with van der Waals surface area (Å²) < 4.78 is 28.2. The summed E-state index contributed by atoms with van der Waals surface area (Å²) in [7, 11) is -3.74. The van der Waals surface area contributed by atoms with E-state index in [1.807, 2.05) is 0 Å². The van der Waals surface area contributed by atoms with Gasteiger partial charge >= 0.3 is 0 Å². The predicted octanol–water partition coefficient (Wildman–Crippen LogP) is 2.64. The van der Waals surface area contributed by atoms with Crippen LogP contribution in [0.4, 0.5) is 0 Å². The van der Waals surface area contributed by atoms with Gasteiger partial charge in [-0.3, -0.25) is 4.18 Å². The molecule has 4 nitrogen and oxygen atoms in total. The van der Waals surface area contributed by atoms with Crippen LogP contribution in [-0.2, 0) is 14.3 Å². The van der Waals surface area contributed by atoms with Crippen LogP contribution in [0.15, 0.2) is 26.0 Å². The number of halogens is 2. The van der Waals surface area contributed by atoms with Gasteiger partial charge in [-0.05, 0) is 50.9 Å². The highest BCUT2D eigenvalue weighted by Gasteiger charge is 2.17. The number of aromatic hydroxyl groups is 1. The van der Waals surface area contributed by atoms with Crippen molar-refractivity contribution in [1.29, 1.82) is 0 Å². The highest BCUT2D eigenvalue weighted by atomic mass is 79.9. The Balaban J connectivity index is 3.29. The van der Waals surface area contributed by atoms with Crippen LogP contribution < -0.4 is 0 Å². The van der Waals surface area contributed by atoms with E-state index in [4.69, 9.17) is 0 Å². The van der Waals surface area contributed by atoms with Crippen molar-refractivity contribution >= 4 is 42.0 Å². The lowest BCUT2D eigenvalue weighted by molar-refractivity contribution is 0.338. The average Bonchev–Trinajstić information content (AvgIpc) is 2.13. The topological polar surface area (TPSA) is 63.6 Å². The number of hydrogen-bond acceptors (Lipinski definition) is 4. The van der Waals surface area contributed by atoms with Crippen LogP contribution in [0, 0.1) is 0 Å². The molecule has 0 saturated heterocycles. The minimum Gasteiger partial charge on any atom is -0.506 e. The zero-order valence-corrected chi connectivity index (χ0v) is 11.7. The lowest BCUT2D eigenvalue weighted by Crippen LogP contribution is -2.06.